The summed E-state index contributed by atoms with van der Waals surface area (Å²) in [6, 6.07) is 6.48. The Morgan fingerprint density at radius 2 is 2.17 bits per heavy atom. The average Bonchev–Trinajstić information content (AvgIpc) is 2.46. The SMILES string of the molecule is C[C@H](Cc1ccc2c(c1)CCC(C)(C)O2)NC(=O)/C=C/CN(C)C. The van der Waals surface area contributed by atoms with Gasteiger partial charge in [0.05, 0.1) is 0 Å². The molecule has 4 heteroatoms. The van der Waals surface area contributed by atoms with Crippen LogP contribution in [-0.2, 0) is 17.6 Å². The van der Waals surface area contributed by atoms with Crippen LogP contribution in [0, 0.1) is 0 Å². The normalized spacial score (nSPS) is 17.4. The molecule has 0 saturated heterocycles. The van der Waals surface area contributed by atoms with Gasteiger partial charge in [-0.1, -0.05) is 18.2 Å². The summed E-state index contributed by atoms with van der Waals surface area (Å²) in [7, 11) is 3.96. The summed E-state index contributed by atoms with van der Waals surface area (Å²) >= 11 is 0. The minimum Gasteiger partial charge on any atom is -0.488 e. The molecule has 1 aromatic rings. The topological polar surface area (TPSA) is 41.6 Å². The molecule has 2 rings (SSSR count). The monoisotopic (exact) mass is 330 g/mol. The van der Waals surface area contributed by atoms with Gasteiger partial charge in [0.15, 0.2) is 0 Å². The fraction of sp³-hybridized carbons (Fsp3) is 0.550. The van der Waals surface area contributed by atoms with Crippen LogP contribution in [-0.4, -0.2) is 43.1 Å². The first kappa shape index (κ1) is 18.5. The van der Waals surface area contributed by atoms with Crippen LogP contribution in [0.3, 0.4) is 0 Å². The molecule has 0 spiro atoms. The molecule has 0 unspecified atom stereocenters. The second-order valence-corrected chi connectivity index (χ2v) is 7.58. The summed E-state index contributed by atoms with van der Waals surface area (Å²) in [4.78, 5) is 13.9. The molecule has 0 aliphatic carbocycles. The average molecular weight is 330 g/mol. The van der Waals surface area contributed by atoms with Gasteiger partial charge in [-0.3, -0.25) is 4.79 Å². The zero-order valence-corrected chi connectivity index (χ0v) is 15.6. The Morgan fingerprint density at radius 3 is 2.88 bits per heavy atom. The number of rotatable bonds is 6. The summed E-state index contributed by atoms with van der Waals surface area (Å²) in [5, 5.41) is 3.02. The fourth-order valence-corrected chi connectivity index (χ4v) is 2.91. The van der Waals surface area contributed by atoms with Crippen molar-refractivity contribution in [1.82, 2.24) is 10.2 Å². The number of nitrogens with zero attached hydrogens (tertiary/aromatic N) is 1. The lowest BCUT2D eigenvalue weighted by atomic mass is 9.92. The van der Waals surface area contributed by atoms with Crippen molar-refractivity contribution in [2.75, 3.05) is 20.6 Å². The van der Waals surface area contributed by atoms with E-state index in [1.54, 1.807) is 6.08 Å². The molecule has 0 aromatic heterocycles. The third-order valence-corrected chi connectivity index (χ3v) is 4.18. The molecule has 1 aliphatic heterocycles. The maximum atomic E-state index is 11.9. The van der Waals surface area contributed by atoms with E-state index in [9.17, 15) is 4.79 Å². The largest absolute Gasteiger partial charge is 0.488 e. The van der Waals surface area contributed by atoms with Crippen LogP contribution in [0.25, 0.3) is 0 Å². The van der Waals surface area contributed by atoms with Crippen molar-refractivity contribution in [3.05, 3.63) is 41.5 Å². The molecule has 0 fully saturated rings. The summed E-state index contributed by atoms with van der Waals surface area (Å²) < 4.78 is 6.02. The van der Waals surface area contributed by atoms with Crippen molar-refractivity contribution in [1.29, 1.82) is 0 Å². The zero-order chi connectivity index (χ0) is 17.7. The van der Waals surface area contributed by atoms with Crippen LogP contribution in [0.2, 0.25) is 0 Å². The van der Waals surface area contributed by atoms with Crippen molar-refractivity contribution in [2.45, 2.75) is 51.7 Å². The first-order valence-corrected chi connectivity index (χ1v) is 8.68. The van der Waals surface area contributed by atoms with Gasteiger partial charge in [-0.2, -0.15) is 0 Å². The van der Waals surface area contributed by atoms with E-state index in [0.717, 1.165) is 31.6 Å². The molecule has 1 aromatic carbocycles. The number of hydrogen-bond acceptors (Lipinski definition) is 3. The molecule has 1 aliphatic rings. The van der Waals surface area contributed by atoms with E-state index in [1.165, 1.54) is 11.1 Å². The number of hydrogen-bond donors (Lipinski definition) is 1. The highest BCUT2D eigenvalue weighted by atomic mass is 16.5. The maximum absolute atomic E-state index is 11.9. The van der Waals surface area contributed by atoms with Crippen LogP contribution >= 0.6 is 0 Å². The smallest absolute Gasteiger partial charge is 0.243 e. The second-order valence-electron chi connectivity index (χ2n) is 7.58. The molecule has 4 nitrogen and oxygen atoms in total. The summed E-state index contributed by atoms with van der Waals surface area (Å²) in [5.74, 6) is 0.964. The highest BCUT2D eigenvalue weighted by molar-refractivity contribution is 5.87. The Kier molecular flexibility index (Phi) is 6.05. The van der Waals surface area contributed by atoms with E-state index in [-0.39, 0.29) is 17.6 Å². The van der Waals surface area contributed by atoms with Gasteiger partial charge in [-0.05, 0) is 71.3 Å². The van der Waals surface area contributed by atoms with Gasteiger partial charge in [0.2, 0.25) is 5.91 Å². The Morgan fingerprint density at radius 1 is 1.42 bits per heavy atom. The van der Waals surface area contributed by atoms with Crippen LogP contribution in [0.15, 0.2) is 30.4 Å². The first-order valence-electron chi connectivity index (χ1n) is 8.68. The van der Waals surface area contributed by atoms with Gasteiger partial charge in [-0.25, -0.2) is 0 Å². The van der Waals surface area contributed by atoms with E-state index in [4.69, 9.17) is 4.74 Å². The van der Waals surface area contributed by atoms with Crippen molar-refractivity contribution in [3.63, 3.8) is 0 Å². The minimum atomic E-state index is -0.0747. The summed E-state index contributed by atoms with van der Waals surface area (Å²) in [5.41, 5.74) is 2.44. The van der Waals surface area contributed by atoms with E-state index in [0.29, 0.717) is 0 Å². The molecule has 1 atom stereocenters. The fourth-order valence-electron chi connectivity index (χ4n) is 2.91. The van der Waals surface area contributed by atoms with Crippen molar-refractivity contribution in [2.24, 2.45) is 0 Å². The molecule has 1 amide bonds. The number of benzene rings is 1. The van der Waals surface area contributed by atoms with Gasteiger partial charge < -0.3 is 15.0 Å². The molecule has 0 radical (unpaired) electrons. The molecule has 132 valence electrons. The van der Waals surface area contributed by atoms with Crippen LogP contribution in [0.5, 0.6) is 5.75 Å². The third-order valence-electron chi connectivity index (χ3n) is 4.18. The predicted molar refractivity (Wildman–Crippen MR) is 98.5 cm³/mol. The number of carbonyl (C=O) groups is 1. The standard InChI is InChI=1S/C20H30N2O2/c1-15(21-19(23)7-6-12-22(4)5)13-16-8-9-18-17(14-16)10-11-20(2,3)24-18/h6-9,14-15H,10-13H2,1-5H3,(H,21,23)/b7-6+/t15-/m1/s1. The number of aryl methyl sites for hydroxylation is 1. The molecule has 1 N–H and O–H groups in total. The number of likely N-dealkylation sites (N-methyl/N-ethyl adjacent to an activating group) is 1. The van der Waals surface area contributed by atoms with Gasteiger partial charge in [0.25, 0.3) is 0 Å². The van der Waals surface area contributed by atoms with Gasteiger partial charge >= 0.3 is 0 Å². The lowest BCUT2D eigenvalue weighted by molar-refractivity contribution is -0.117. The van der Waals surface area contributed by atoms with E-state index >= 15 is 0 Å². The Balaban J connectivity index is 1.89. The molecular formula is C20H30N2O2. The van der Waals surface area contributed by atoms with Gasteiger partial charge in [0.1, 0.15) is 11.4 Å². The van der Waals surface area contributed by atoms with Crippen molar-refractivity contribution in [3.8, 4) is 5.75 Å². The Labute approximate surface area is 145 Å². The molecule has 0 saturated carbocycles. The van der Waals surface area contributed by atoms with Crippen molar-refractivity contribution < 1.29 is 9.53 Å². The molecule has 0 bridgehead atoms. The number of ether oxygens (including phenoxy) is 1. The highest BCUT2D eigenvalue weighted by Crippen LogP contribution is 2.33. The second kappa shape index (κ2) is 7.84. The van der Waals surface area contributed by atoms with Crippen LogP contribution < -0.4 is 10.1 Å². The van der Waals surface area contributed by atoms with Gasteiger partial charge in [0, 0.05) is 18.7 Å². The van der Waals surface area contributed by atoms with E-state index in [2.05, 4.69) is 37.4 Å². The predicted octanol–water partition coefficient (Wildman–Crippen LogP) is 2.96. The first-order chi connectivity index (χ1) is 11.2. The number of nitrogens with one attached hydrogen (secondary N) is 1. The lowest BCUT2D eigenvalue weighted by Gasteiger charge is -2.32. The summed E-state index contributed by atoms with van der Waals surface area (Å²) in [6.07, 6.45) is 6.39. The Bertz CT molecular complexity index is 606. The quantitative estimate of drug-likeness (QED) is 0.816. The van der Waals surface area contributed by atoms with E-state index in [1.807, 2.05) is 32.0 Å². The minimum absolute atomic E-state index is 0.0348. The van der Waals surface area contributed by atoms with Gasteiger partial charge in [-0.15, -0.1) is 0 Å². The molecule has 24 heavy (non-hydrogen) atoms. The van der Waals surface area contributed by atoms with Crippen LogP contribution in [0.1, 0.15) is 38.3 Å². The van der Waals surface area contributed by atoms with Crippen LogP contribution in [0.4, 0.5) is 0 Å². The zero-order valence-electron chi connectivity index (χ0n) is 15.6. The highest BCUT2D eigenvalue weighted by Gasteiger charge is 2.26. The third kappa shape index (κ3) is 5.68. The molecule has 1 heterocycles. The molecular weight excluding hydrogens is 300 g/mol. The number of carbonyl (C=O) groups excluding carboxylic acids is 1. The number of amides is 1. The number of fused-ring (bicyclic) bond motifs is 1. The lowest BCUT2D eigenvalue weighted by Crippen LogP contribution is -2.33. The summed E-state index contributed by atoms with van der Waals surface area (Å²) in [6.45, 7) is 7.07. The maximum Gasteiger partial charge on any atom is 0.243 e. The van der Waals surface area contributed by atoms with Crippen molar-refractivity contribution >= 4 is 5.91 Å². The Hall–Kier alpha value is -1.81. The van der Waals surface area contributed by atoms with E-state index < -0.39 is 0 Å².